The summed E-state index contributed by atoms with van der Waals surface area (Å²) in [6, 6.07) is 21.8. The number of carbonyl (C=O) groups is 1. The molecule has 4 heteroatoms. The maximum atomic E-state index is 14.0. The van der Waals surface area contributed by atoms with E-state index in [4.69, 9.17) is 0 Å². The van der Waals surface area contributed by atoms with Crippen LogP contribution in [0.15, 0.2) is 79.0 Å². The molecule has 2 aromatic carbocycles. The van der Waals surface area contributed by atoms with Gasteiger partial charge in [0.2, 0.25) is 5.91 Å². The molecule has 0 saturated heterocycles. The molecule has 3 atom stereocenters. The van der Waals surface area contributed by atoms with Gasteiger partial charge in [-0.2, -0.15) is 0 Å². The number of aromatic nitrogens is 1. The van der Waals surface area contributed by atoms with Crippen molar-refractivity contribution in [2.45, 2.75) is 18.4 Å². The molecule has 1 aromatic heterocycles. The topological polar surface area (TPSA) is 42.0 Å². The predicted molar refractivity (Wildman–Crippen MR) is 97.9 cm³/mol. The fraction of sp³-hybridized carbons (Fsp3) is 0.182. The Labute approximate surface area is 151 Å². The van der Waals surface area contributed by atoms with Gasteiger partial charge < -0.3 is 5.32 Å². The maximum Gasteiger partial charge on any atom is 0.224 e. The quantitative estimate of drug-likeness (QED) is 0.751. The van der Waals surface area contributed by atoms with E-state index < -0.39 is 0 Å². The second kappa shape index (κ2) is 7.08. The molecule has 26 heavy (non-hydrogen) atoms. The second-order valence-electron chi connectivity index (χ2n) is 6.58. The lowest BCUT2D eigenvalue weighted by atomic mass is 10.0. The SMILES string of the molecule is O=C(N[C@H](c1ccccc1)c1ccccn1)[C@H]1C[C@@H]1c1ccccc1F. The molecular weight excluding hydrogens is 327 g/mol. The van der Waals surface area contributed by atoms with Crippen LogP contribution in [-0.4, -0.2) is 10.9 Å². The van der Waals surface area contributed by atoms with E-state index in [2.05, 4.69) is 10.3 Å². The molecule has 4 rings (SSSR count). The lowest BCUT2D eigenvalue weighted by molar-refractivity contribution is -0.122. The lowest BCUT2D eigenvalue weighted by Gasteiger charge is -2.19. The Kier molecular flexibility index (Phi) is 4.48. The Bertz CT molecular complexity index is 859. The number of benzene rings is 2. The van der Waals surface area contributed by atoms with Crippen LogP contribution in [0.5, 0.6) is 0 Å². The van der Waals surface area contributed by atoms with E-state index in [9.17, 15) is 9.18 Å². The van der Waals surface area contributed by atoms with Crippen molar-refractivity contribution in [1.82, 2.24) is 10.3 Å². The molecule has 1 fully saturated rings. The Morgan fingerprint density at radius 2 is 1.73 bits per heavy atom. The molecule has 3 nitrogen and oxygen atoms in total. The van der Waals surface area contributed by atoms with Crippen molar-refractivity contribution in [3.63, 3.8) is 0 Å². The lowest BCUT2D eigenvalue weighted by Crippen LogP contribution is -2.31. The molecule has 1 amide bonds. The van der Waals surface area contributed by atoms with Crippen molar-refractivity contribution in [1.29, 1.82) is 0 Å². The van der Waals surface area contributed by atoms with E-state index in [1.54, 1.807) is 18.3 Å². The van der Waals surface area contributed by atoms with Gasteiger partial charge in [0, 0.05) is 12.1 Å². The zero-order valence-corrected chi connectivity index (χ0v) is 14.2. The maximum absolute atomic E-state index is 14.0. The highest BCUT2D eigenvalue weighted by Gasteiger charge is 2.45. The molecule has 0 unspecified atom stereocenters. The number of rotatable bonds is 5. The monoisotopic (exact) mass is 346 g/mol. The van der Waals surface area contributed by atoms with Gasteiger partial charge in [0.25, 0.3) is 0 Å². The molecule has 1 aliphatic carbocycles. The van der Waals surface area contributed by atoms with Crippen LogP contribution in [0.2, 0.25) is 0 Å². The summed E-state index contributed by atoms with van der Waals surface area (Å²) in [4.78, 5) is 17.2. The number of nitrogens with one attached hydrogen (secondary N) is 1. The van der Waals surface area contributed by atoms with Gasteiger partial charge in [0.05, 0.1) is 11.7 Å². The fourth-order valence-electron chi connectivity index (χ4n) is 3.37. The van der Waals surface area contributed by atoms with Gasteiger partial charge in [0.1, 0.15) is 5.82 Å². The third kappa shape index (κ3) is 3.36. The molecule has 3 aromatic rings. The highest BCUT2D eigenvalue weighted by molar-refractivity contribution is 5.83. The van der Waals surface area contributed by atoms with Crippen LogP contribution in [0.4, 0.5) is 4.39 Å². The molecule has 1 N–H and O–H groups in total. The summed E-state index contributed by atoms with van der Waals surface area (Å²) in [6.45, 7) is 0. The first-order valence-corrected chi connectivity index (χ1v) is 8.74. The van der Waals surface area contributed by atoms with Gasteiger partial charge in [-0.25, -0.2) is 4.39 Å². The first kappa shape index (κ1) is 16.5. The van der Waals surface area contributed by atoms with Crippen molar-refractivity contribution in [2.24, 2.45) is 5.92 Å². The number of amides is 1. The molecule has 0 radical (unpaired) electrons. The van der Waals surface area contributed by atoms with Gasteiger partial charge in [-0.05, 0) is 41.7 Å². The minimum Gasteiger partial charge on any atom is -0.343 e. The summed E-state index contributed by atoms with van der Waals surface area (Å²) in [6.07, 6.45) is 2.40. The fourth-order valence-corrected chi connectivity index (χ4v) is 3.37. The van der Waals surface area contributed by atoms with E-state index in [0.717, 1.165) is 11.3 Å². The number of nitrogens with zero attached hydrogens (tertiary/aromatic N) is 1. The number of carbonyl (C=O) groups excluding carboxylic acids is 1. The predicted octanol–water partition coefficient (Wildman–Crippen LogP) is 4.23. The molecule has 1 aliphatic rings. The summed E-state index contributed by atoms with van der Waals surface area (Å²) in [5, 5.41) is 3.11. The van der Waals surface area contributed by atoms with Gasteiger partial charge >= 0.3 is 0 Å². The first-order chi connectivity index (χ1) is 12.7. The van der Waals surface area contributed by atoms with Crippen LogP contribution in [0.1, 0.15) is 35.2 Å². The van der Waals surface area contributed by atoms with Crippen LogP contribution in [0, 0.1) is 11.7 Å². The number of hydrogen-bond acceptors (Lipinski definition) is 2. The van der Waals surface area contributed by atoms with Crippen LogP contribution in [-0.2, 0) is 4.79 Å². The van der Waals surface area contributed by atoms with Crippen molar-refractivity contribution in [3.8, 4) is 0 Å². The van der Waals surface area contributed by atoms with Gasteiger partial charge in [-0.3, -0.25) is 9.78 Å². The molecule has 1 heterocycles. The van der Waals surface area contributed by atoms with Crippen molar-refractivity contribution < 1.29 is 9.18 Å². The molecule has 130 valence electrons. The van der Waals surface area contributed by atoms with Crippen molar-refractivity contribution in [3.05, 3.63) is 102 Å². The third-order valence-electron chi connectivity index (χ3n) is 4.83. The molecule has 1 saturated carbocycles. The number of halogens is 1. The second-order valence-corrected chi connectivity index (χ2v) is 6.58. The molecule has 0 bridgehead atoms. The third-order valence-corrected chi connectivity index (χ3v) is 4.83. The van der Waals surface area contributed by atoms with E-state index in [-0.39, 0.29) is 29.6 Å². The van der Waals surface area contributed by atoms with Crippen LogP contribution < -0.4 is 5.32 Å². The largest absolute Gasteiger partial charge is 0.343 e. The first-order valence-electron chi connectivity index (χ1n) is 8.74. The summed E-state index contributed by atoms with van der Waals surface area (Å²) in [5.41, 5.74) is 2.39. The van der Waals surface area contributed by atoms with E-state index in [1.807, 2.05) is 54.6 Å². The normalized spacial score (nSPS) is 19.6. The summed E-state index contributed by atoms with van der Waals surface area (Å²) >= 11 is 0. The van der Waals surface area contributed by atoms with Gasteiger partial charge in [-0.15, -0.1) is 0 Å². The van der Waals surface area contributed by atoms with E-state index >= 15 is 0 Å². The molecule has 0 spiro atoms. The van der Waals surface area contributed by atoms with Crippen LogP contribution >= 0.6 is 0 Å². The zero-order valence-electron chi connectivity index (χ0n) is 14.2. The average Bonchev–Trinajstić information content (AvgIpc) is 3.48. The molecular formula is C22H19FN2O. The Hall–Kier alpha value is -3.01. The summed E-state index contributed by atoms with van der Waals surface area (Å²) in [5.74, 6) is -0.534. The number of hydrogen-bond donors (Lipinski definition) is 1. The Morgan fingerprint density at radius 3 is 2.46 bits per heavy atom. The van der Waals surface area contributed by atoms with Gasteiger partial charge in [0.15, 0.2) is 0 Å². The Morgan fingerprint density at radius 1 is 1.00 bits per heavy atom. The van der Waals surface area contributed by atoms with E-state index in [1.165, 1.54) is 6.07 Å². The van der Waals surface area contributed by atoms with Crippen molar-refractivity contribution >= 4 is 5.91 Å². The van der Waals surface area contributed by atoms with E-state index in [0.29, 0.717) is 12.0 Å². The van der Waals surface area contributed by atoms with Crippen LogP contribution in [0.3, 0.4) is 0 Å². The standard InChI is InChI=1S/C22H19FN2O/c23-19-11-5-4-10-16(19)17-14-18(17)22(26)25-21(15-8-2-1-3-9-15)20-12-6-7-13-24-20/h1-13,17-18,21H,14H2,(H,25,26)/t17-,18+,21-/m1/s1. The minimum absolute atomic E-state index is 0.0450. The highest BCUT2D eigenvalue weighted by Crippen LogP contribution is 2.48. The summed E-state index contributed by atoms with van der Waals surface area (Å²) in [7, 11) is 0. The zero-order chi connectivity index (χ0) is 17.9. The molecule has 0 aliphatic heterocycles. The smallest absolute Gasteiger partial charge is 0.224 e. The van der Waals surface area contributed by atoms with Gasteiger partial charge in [-0.1, -0.05) is 54.6 Å². The Balaban J connectivity index is 1.54. The van der Waals surface area contributed by atoms with Crippen LogP contribution in [0.25, 0.3) is 0 Å². The average molecular weight is 346 g/mol. The minimum atomic E-state index is -0.313. The highest BCUT2D eigenvalue weighted by atomic mass is 19.1. The van der Waals surface area contributed by atoms with Crippen molar-refractivity contribution in [2.75, 3.05) is 0 Å². The number of pyridine rings is 1. The summed E-state index contributed by atoms with van der Waals surface area (Å²) < 4.78 is 14.0.